The van der Waals surface area contributed by atoms with Crippen LogP contribution in [0.3, 0.4) is 0 Å². The summed E-state index contributed by atoms with van der Waals surface area (Å²) >= 11 is 1.33. The molecule has 0 saturated heterocycles. The van der Waals surface area contributed by atoms with E-state index >= 15 is 0 Å². The van der Waals surface area contributed by atoms with Crippen LogP contribution < -0.4 is 14.8 Å². The molecule has 3 rings (SSSR count). The highest BCUT2D eigenvalue weighted by Gasteiger charge is 2.15. The predicted octanol–water partition coefficient (Wildman–Crippen LogP) is 5.10. The van der Waals surface area contributed by atoms with Crippen molar-refractivity contribution in [1.29, 1.82) is 0 Å². The monoisotopic (exact) mass is 466 g/mol. The molecular weight excluding hydrogens is 436 g/mol. The first-order valence-electron chi connectivity index (χ1n) is 10.8. The van der Waals surface area contributed by atoms with Crippen molar-refractivity contribution in [1.82, 2.24) is 14.8 Å². The van der Waals surface area contributed by atoms with Gasteiger partial charge in [-0.15, -0.1) is 16.8 Å². The summed E-state index contributed by atoms with van der Waals surface area (Å²) in [5.74, 6) is 2.12. The number of benzene rings is 2. The van der Waals surface area contributed by atoms with Gasteiger partial charge in [0.25, 0.3) is 0 Å². The molecule has 1 amide bonds. The number of hydrogen-bond acceptors (Lipinski definition) is 6. The Morgan fingerprint density at radius 1 is 1.06 bits per heavy atom. The van der Waals surface area contributed by atoms with Gasteiger partial charge in [0.05, 0.1) is 12.4 Å². The summed E-state index contributed by atoms with van der Waals surface area (Å²) in [6.07, 6.45) is 1.77. The molecule has 0 aliphatic rings. The molecule has 174 valence electrons. The maximum atomic E-state index is 12.5. The molecule has 0 saturated carbocycles. The molecule has 0 fully saturated rings. The van der Waals surface area contributed by atoms with Gasteiger partial charge in [-0.05, 0) is 68.7 Å². The average molecular weight is 467 g/mol. The summed E-state index contributed by atoms with van der Waals surface area (Å²) in [7, 11) is 0. The second-order valence-electron chi connectivity index (χ2n) is 7.68. The minimum absolute atomic E-state index is 0.100. The standard InChI is InChI=1S/C25H30N4O3S/c1-6-10-29-23(15-32-21-9-8-17(3)14-22(21)31-7-2)27-28-25(29)33-16-24(30)26-20-12-18(4)11-19(5)13-20/h6,8-9,11-14H,1,7,10,15-16H2,2-5H3,(H,26,30). The normalized spacial score (nSPS) is 10.7. The summed E-state index contributed by atoms with van der Waals surface area (Å²) in [5.41, 5.74) is 4.10. The van der Waals surface area contributed by atoms with Crippen molar-refractivity contribution in [2.45, 2.75) is 46.0 Å². The highest BCUT2D eigenvalue weighted by Crippen LogP contribution is 2.29. The van der Waals surface area contributed by atoms with Crippen LogP contribution in [0.2, 0.25) is 0 Å². The molecule has 1 heterocycles. The largest absolute Gasteiger partial charge is 0.490 e. The molecule has 0 bridgehead atoms. The summed E-state index contributed by atoms with van der Waals surface area (Å²) in [5, 5.41) is 12.1. The van der Waals surface area contributed by atoms with Crippen LogP contribution in [0.5, 0.6) is 11.5 Å². The van der Waals surface area contributed by atoms with Gasteiger partial charge in [0.1, 0.15) is 6.61 Å². The Kier molecular flexibility index (Phi) is 8.54. The fraction of sp³-hybridized carbons (Fsp3) is 0.320. The molecule has 1 aromatic heterocycles. The van der Waals surface area contributed by atoms with Gasteiger partial charge in [-0.25, -0.2) is 0 Å². The summed E-state index contributed by atoms with van der Waals surface area (Å²) in [6, 6.07) is 11.8. The molecule has 33 heavy (non-hydrogen) atoms. The lowest BCUT2D eigenvalue weighted by atomic mass is 10.1. The van der Waals surface area contributed by atoms with Crippen molar-refractivity contribution < 1.29 is 14.3 Å². The third-order valence-electron chi connectivity index (χ3n) is 4.70. The van der Waals surface area contributed by atoms with Crippen LogP contribution in [0.4, 0.5) is 5.69 Å². The summed E-state index contributed by atoms with van der Waals surface area (Å²) < 4.78 is 13.6. The average Bonchev–Trinajstić information content (AvgIpc) is 3.13. The van der Waals surface area contributed by atoms with E-state index in [0.29, 0.717) is 35.6 Å². The van der Waals surface area contributed by atoms with E-state index in [-0.39, 0.29) is 18.3 Å². The fourth-order valence-corrected chi connectivity index (χ4v) is 4.13. The Balaban J connectivity index is 1.65. The van der Waals surface area contributed by atoms with E-state index in [4.69, 9.17) is 9.47 Å². The van der Waals surface area contributed by atoms with Crippen molar-refractivity contribution >= 4 is 23.4 Å². The Hall–Kier alpha value is -3.26. The number of anilines is 1. The van der Waals surface area contributed by atoms with Gasteiger partial charge in [-0.2, -0.15) is 0 Å². The number of carbonyl (C=O) groups is 1. The molecule has 0 atom stereocenters. The minimum Gasteiger partial charge on any atom is -0.490 e. The van der Waals surface area contributed by atoms with Crippen molar-refractivity contribution in [2.24, 2.45) is 0 Å². The van der Waals surface area contributed by atoms with Crippen LogP contribution in [0.25, 0.3) is 0 Å². The zero-order chi connectivity index (χ0) is 23.8. The van der Waals surface area contributed by atoms with Crippen molar-refractivity contribution in [3.05, 3.63) is 71.6 Å². The molecule has 0 unspecified atom stereocenters. The summed E-state index contributed by atoms with van der Waals surface area (Å²) in [6.45, 7) is 13.1. The van der Waals surface area contributed by atoms with Crippen LogP contribution in [0, 0.1) is 20.8 Å². The van der Waals surface area contributed by atoms with E-state index in [1.807, 2.05) is 62.6 Å². The van der Waals surface area contributed by atoms with Gasteiger partial charge in [-0.1, -0.05) is 30.0 Å². The number of amides is 1. The van der Waals surface area contributed by atoms with E-state index in [1.54, 1.807) is 6.08 Å². The Labute approximate surface area is 199 Å². The minimum atomic E-state index is -0.100. The molecule has 0 radical (unpaired) electrons. The lowest BCUT2D eigenvalue weighted by Crippen LogP contribution is -2.15. The smallest absolute Gasteiger partial charge is 0.234 e. The Morgan fingerprint density at radius 3 is 2.52 bits per heavy atom. The second kappa shape index (κ2) is 11.6. The lowest BCUT2D eigenvalue weighted by Gasteiger charge is -2.13. The van der Waals surface area contributed by atoms with E-state index in [0.717, 1.165) is 22.4 Å². The van der Waals surface area contributed by atoms with Gasteiger partial charge in [0, 0.05) is 12.2 Å². The van der Waals surface area contributed by atoms with E-state index < -0.39 is 0 Å². The van der Waals surface area contributed by atoms with Crippen LogP contribution >= 0.6 is 11.8 Å². The number of nitrogens with one attached hydrogen (secondary N) is 1. The molecule has 8 heteroatoms. The van der Waals surface area contributed by atoms with Gasteiger partial charge in [0.2, 0.25) is 5.91 Å². The number of rotatable bonds is 11. The van der Waals surface area contributed by atoms with Crippen molar-refractivity contribution in [3.8, 4) is 11.5 Å². The highest BCUT2D eigenvalue weighted by atomic mass is 32.2. The third kappa shape index (κ3) is 6.86. The first kappa shape index (κ1) is 24.4. The van der Waals surface area contributed by atoms with Crippen LogP contribution in [0.15, 0.2) is 54.2 Å². The highest BCUT2D eigenvalue weighted by molar-refractivity contribution is 7.99. The van der Waals surface area contributed by atoms with Crippen LogP contribution in [-0.4, -0.2) is 33.0 Å². The van der Waals surface area contributed by atoms with Crippen LogP contribution in [0.1, 0.15) is 29.4 Å². The third-order valence-corrected chi connectivity index (χ3v) is 5.67. The topological polar surface area (TPSA) is 78.3 Å². The summed E-state index contributed by atoms with van der Waals surface area (Å²) in [4.78, 5) is 12.5. The number of hydrogen-bond donors (Lipinski definition) is 1. The fourth-order valence-electron chi connectivity index (χ4n) is 3.36. The van der Waals surface area contributed by atoms with Gasteiger partial charge in [-0.3, -0.25) is 9.36 Å². The molecule has 0 spiro atoms. The molecule has 0 aliphatic carbocycles. The van der Waals surface area contributed by atoms with Crippen molar-refractivity contribution in [2.75, 3.05) is 17.7 Å². The zero-order valence-corrected chi connectivity index (χ0v) is 20.4. The van der Waals surface area contributed by atoms with Crippen LogP contribution in [-0.2, 0) is 17.9 Å². The number of aromatic nitrogens is 3. The maximum Gasteiger partial charge on any atom is 0.234 e. The molecule has 0 aliphatic heterocycles. The van der Waals surface area contributed by atoms with Gasteiger partial charge < -0.3 is 14.8 Å². The van der Waals surface area contributed by atoms with Gasteiger partial charge in [0.15, 0.2) is 22.5 Å². The lowest BCUT2D eigenvalue weighted by molar-refractivity contribution is -0.113. The number of aryl methyl sites for hydroxylation is 3. The second-order valence-corrected chi connectivity index (χ2v) is 8.63. The first-order chi connectivity index (χ1) is 15.9. The predicted molar refractivity (Wildman–Crippen MR) is 132 cm³/mol. The number of ether oxygens (including phenoxy) is 2. The quantitative estimate of drug-likeness (QED) is 0.313. The number of thioether (sulfide) groups is 1. The molecule has 3 aromatic rings. The number of allylic oxidation sites excluding steroid dienone is 1. The molecular formula is C25H30N4O3S. The maximum absolute atomic E-state index is 12.5. The van der Waals surface area contributed by atoms with E-state index in [9.17, 15) is 4.79 Å². The van der Waals surface area contributed by atoms with E-state index in [1.165, 1.54) is 11.8 Å². The van der Waals surface area contributed by atoms with Gasteiger partial charge >= 0.3 is 0 Å². The number of nitrogens with zero attached hydrogens (tertiary/aromatic N) is 3. The first-order valence-corrected chi connectivity index (χ1v) is 11.8. The Morgan fingerprint density at radius 2 is 1.82 bits per heavy atom. The van der Waals surface area contributed by atoms with E-state index in [2.05, 4.69) is 28.2 Å². The molecule has 7 nitrogen and oxygen atoms in total. The molecule has 2 aromatic carbocycles. The zero-order valence-electron chi connectivity index (χ0n) is 19.6. The number of carbonyl (C=O) groups excluding carboxylic acids is 1. The molecule has 1 N–H and O–H groups in total. The Bertz CT molecular complexity index is 1110. The van der Waals surface area contributed by atoms with Crippen molar-refractivity contribution in [3.63, 3.8) is 0 Å². The SMILES string of the molecule is C=CCn1c(COc2ccc(C)cc2OCC)nnc1SCC(=O)Nc1cc(C)cc(C)c1.